The van der Waals surface area contributed by atoms with Crippen molar-refractivity contribution in [2.75, 3.05) is 25.5 Å². The Morgan fingerprint density at radius 1 is 1.27 bits per heavy atom. The summed E-state index contributed by atoms with van der Waals surface area (Å²) >= 11 is 17.5. The molecular formula is C19H20Cl2N3OS+. The Hall–Kier alpha value is -1.95. The SMILES string of the molecule is C=CCNC(=S)[C@@H](C(=O)c1ccc(Cl)c(Cl)c1)[n+]1ccc(N(C)C)cc1. The van der Waals surface area contributed by atoms with Gasteiger partial charge in [0.05, 0.1) is 10.0 Å². The molecule has 2 rings (SSSR count). The molecule has 0 aliphatic rings. The van der Waals surface area contributed by atoms with Crippen LogP contribution in [0.25, 0.3) is 0 Å². The van der Waals surface area contributed by atoms with E-state index in [1.165, 1.54) is 0 Å². The third-order valence-electron chi connectivity index (χ3n) is 3.77. The van der Waals surface area contributed by atoms with Crippen LogP contribution in [-0.2, 0) is 0 Å². The first-order chi connectivity index (χ1) is 12.3. The summed E-state index contributed by atoms with van der Waals surface area (Å²) in [6, 6.07) is 7.96. The zero-order valence-electron chi connectivity index (χ0n) is 14.6. The van der Waals surface area contributed by atoms with E-state index in [0.717, 1.165) is 5.69 Å². The van der Waals surface area contributed by atoms with Gasteiger partial charge in [0.15, 0.2) is 17.4 Å². The van der Waals surface area contributed by atoms with E-state index in [1.54, 1.807) is 28.8 Å². The molecule has 0 radical (unpaired) electrons. The van der Waals surface area contributed by atoms with Gasteiger partial charge in [0.25, 0.3) is 6.04 Å². The highest BCUT2D eigenvalue weighted by Crippen LogP contribution is 2.24. The summed E-state index contributed by atoms with van der Waals surface area (Å²) < 4.78 is 1.77. The second kappa shape index (κ2) is 9.12. The smallest absolute Gasteiger partial charge is 0.270 e. The number of nitrogens with zero attached hydrogens (tertiary/aromatic N) is 2. The Kier molecular flexibility index (Phi) is 7.14. The molecule has 4 nitrogen and oxygen atoms in total. The molecule has 0 aliphatic heterocycles. The number of aromatic nitrogens is 1. The molecule has 2 aromatic rings. The fourth-order valence-corrected chi connectivity index (χ4v) is 2.98. The van der Waals surface area contributed by atoms with E-state index in [9.17, 15) is 4.79 Å². The molecule has 1 atom stereocenters. The van der Waals surface area contributed by atoms with Crippen molar-refractivity contribution in [1.29, 1.82) is 0 Å². The van der Waals surface area contributed by atoms with E-state index in [-0.39, 0.29) is 5.78 Å². The number of ketones is 1. The Morgan fingerprint density at radius 3 is 2.46 bits per heavy atom. The lowest BCUT2D eigenvalue weighted by Crippen LogP contribution is -2.51. The van der Waals surface area contributed by atoms with Gasteiger partial charge in [-0.25, -0.2) is 0 Å². The van der Waals surface area contributed by atoms with E-state index in [0.29, 0.717) is 27.1 Å². The second-order valence-corrected chi connectivity index (χ2v) is 7.08. The predicted molar refractivity (Wildman–Crippen MR) is 112 cm³/mol. The zero-order chi connectivity index (χ0) is 19.3. The predicted octanol–water partition coefficient (Wildman–Crippen LogP) is 3.87. The third kappa shape index (κ3) is 4.81. The van der Waals surface area contributed by atoms with Crippen LogP contribution in [0.1, 0.15) is 16.4 Å². The summed E-state index contributed by atoms with van der Waals surface area (Å²) in [5.41, 5.74) is 1.46. The number of carbonyl (C=O) groups is 1. The van der Waals surface area contributed by atoms with E-state index in [2.05, 4.69) is 11.9 Å². The third-order valence-corrected chi connectivity index (χ3v) is 4.88. The minimum absolute atomic E-state index is 0.173. The van der Waals surface area contributed by atoms with Crippen molar-refractivity contribution < 1.29 is 9.36 Å². The summed E-state index contributed by atoms with van der Waals surface area (Å²) in [6.07, 6.45) is 5.35. The number of rotatable bonds is 7. The van der Waals surface area contributed by atoms with Crippen LogP contribution in [0, 0.1) is 0 Å². The van der Waals surface area contributed by atoms with Crippen molar-refractivity contribution in [2.24, 2.45) is 0 Å². The molecule has 0 bridgehead atoms. The van der Waals surface area contributed by atoms with Crippen LogP contribution < -0.4 is 14.8 Å². The fourth-order valence-electron chi connectivity index (χ4n) is 2.37. The lowest BCUT2D eigenvalue weighted by molar-refractivity contribution is -0.692. The standard InChI is InChI=1S/C19H19Cl2N3OS/c1-4-9-22-19(26)17(24-10-7-14(8-11-24)23(2)3)18(25)13-5-6-15(20)16(21)12-13/h4-8,10-12,17H,1,9H2,2-3H3/p+1/t17-/m1/s1. The van der Waals surface area contributed by atoms with Crippen LogP contribution in [0.15, 0.2) is 55.4 Å². The maximum absolute atomic E-state index is 13.1. The Bertz CT molecular complexity index is 822. The number of thiocarbonyl (C=S) groups is 1. The van der Waals surface area contributed by atoms with Crippen LogP contribution in [0.2, 0.25) is 10.0 Å². The molecule has 0 aliphatic carbocycles. The molecule has 0 fully saturated rings. The zero-order valence-corrected chi connectivity index (χ0v) is 16.9. The molecule has 26 heavy (non-hydrogen) atoms. The lowest BCUT2D eigenvalue weighted by atomic mass is 10.0. The van der Waals surface area contributed by atoms with Crippen molar-refractivity contribution in [1.82, 2.24) is 5.32 Å². The fraction of sp³-hybridized carbons (Fsp3) is 0.211. The van der Waals surface area contributed by atoms with Crippen LogP contribution >= 0.6 is 35.4 Å². The van der Waals surface area contributed by atoms with Gasteiger partial charge in [0.2, 0.25) is 5.78 Å². The van der Waals surface area contributed by atoms with Gasteiger partial charge in [-0.2, -0.15) is 4.57 Å². The molecule has 0 saturated carbocycles. The van der Waals surface area contributed by atoms with Crippen LogP contribution in [0.4, 0.5) is 5.69 Å². The highest BCUT2D eigenvalue weighted by atomic mass is 35.5. The van der Waals surface area contributed by atoms with Gasteiger partial charge in [-0.1, -0.05) is 41.5 Å². The number of halogens is 2. The van der Waals surface area contributed by atoms with Gasteiger partial charge in [-0.15, -0.1) is 6.58 Å². The van der Waals surface area contributed by atoms with Gasteiger partial charge >= 0.3 is 0 Å². The number of hydrogen-bond acceptors (Lipinski definition) is 3. The molecule has 136 valence electrons. The maximum atomic E-state index is 13.1. The van der Waals surface area contributed by atoms with Gasteiger partial charge in [0, 0.05) is 44.0 Å². The van der Waals surface area contributed by atoms with Crippen molar-refractivity contribution in [3.8, 4) is 0 Å². The largest absolute Gasteiger partial charge is 0.377 e. The Balaban J connectivity index is 2.42. The molecule has 1 aromatic heterocycles. The number of hydrogen-bond donors (Lipinski definition) is 1. The van der Waals surface area contributed by atoms with Gasteiger partial charge in [-0.05, 0) is 18.2 Å². The normalized spacial score (nSPS) is 11.5. The first kappa shape index (κ1) is 20.4. The number of anilines is 1. The maximum Gasteiger partial charge on any atom is 0.270 e. The molecule has 0 spiro atoms. The van der Waals surface area contributed by atoms with Crippen molar-refractivity contribution in [3.63, 3.8) is 0 Å². The van der Waals surface area contributed by atoms with Crippen LogP contribution in [0.5, 0.6) is 0 Å². The highest BCUT2D eigenvalue weighted by Gasteiger charge is 2.33. The summed E-state index contributed by atoms with van der Waals surface area (Å²) in [5.74, 6) is -0.173. The molecule has 0 saturated heterocycles. The Morgan fingerprint density at radius 2 is 1.92 bits per heavy atom. The number of carbonyl (C=O) groups excluding carboxylic acids is 1. The van der Waals surface area contributed by atoms with E-state index < -0.39 is 6.04 Å². The molecule has 1 N–H and O–H groups in total. The average Bonchev–Trinajstić information content (AvgIpc) is 2.62. The quantitative estimate of drug-likeness (QED) is 0.326. The summed E-state index contributed by atoms with van der Waals surface area (Å²) in [5, 5.41) is 3.77. The van der Waals surface area contributed by atoms with Gasteiger partial charge in [0.1, 0.15) is 0 Å². The van der Waals surface area contributed by atoms with Crippen LogP contribution in [-0.4, -0.2) is 31.4 Å². The molecule has 1 aromatic carbocycles. The first-order valence-electron chi connectivity index (χ1n) is 7.91. The lowest BCUT2D eigenvalue weighted by Gasteiger charge is -2.16. The van der Waals surface area contributed by atoms with Crippen molar-refractivity contribution in [2.45, 2.75) is 6.04 Å². The summed E-state index contributed by atoms with van der Waals surface area (Å²) in [4.78, 5) is 15.5. The summed E-state index contributed by atoms with van der Waals surface area (Å²) in [6.45, 7) is 4.14. The number of benzene rings is 1. The van der Waals surface area contributed by atoms with Crippen molar-refractivity contribution in [3.05, 3.63) is 71.0 Å². The first-order valence-corrected chi connectivity index (χ1v) is 9.07. The monoisotopic (exact) mass is 408 g/mol. The van der Waals surface area contributed by atoms with Gasteiger partial charge < -0.3 is 10.2 Å². The molecule has 1 heterocycles. The molecule has 7 heteroatoms. The minimum atomic E-state index is -0.696. The molecule has 0 amide bonds. The van der Waals surface area contributed by atoms with Gasteiger partial charge in [-0.3, -0.25) is 4.79 Å². The Labute approximate surface area is 169 Å². The number of Topliss-reactive ketones (excluding diaryl/α,β-unsaturated/α-hetero) is 1. The van der Waals surface area contributed by atoms with E-state index in [1.807, 2.05) is 43.5 Å². The number of pyridine rings is 1. The average molecular weight is 409 g/mol. The molecular weight excluding hydrogens is 389 g/mol. The number of nitrogens with one attached hydrogen (secondary N) is 1. The van der Waals surface area contributed by atoms with Crippen LogP contribution in [0.3, 0.4) is 0 Å². The second-order valence-electron chi connectivity index (χ2n) is 5.83. The minimum Gasteiger partial charge on any atom is -0.377 e. The van der Waals surface area contributed by atoms with Crippen molar-refractivity contribution >= 4 is 51.9 Å². The summed E-state index contributed by atoms with van der Waals surface area (Å²) in [7, 11) is 3.91. The van der Waals surface area contributed by atoms with E-state index >= 15 is 0 Å². The molecule has 0 unspecified atom stereocenters. The highest BCUT2D eigenvalue weighted by molar-refractivity contribution is 7.80. The van der Waals surface area contributed by atoms with E-state index in [4.69, 9.17) is 35.4 Å². The topological polar surface area (TPSA) is 36.2 Å².